The fourth-order valence-corrected chi connectivity index (χ4v) is 2.79. The Hall–Kier alpha value is -2.00. The van der Waals surface area contributed by atoms with E-state index in [0.29, 0.717) is 11.3 Å². The lowest BCUT2D eigenvalue weighted by atomic mass is 10.1. The molecule has 2 aromatic rings. The van der Waals surface area contributed by atoms with Crippen LogP contribution in [0.2, 0.25) is 10.0 Å². The van der Waals surface area contributed by atoms with Gasteiger partial charge in [-0.15, -0.1) is 0 Å². The normalized spacial score (nSPS) is 10.9. The SMILES string of the molecule is COc1ccc(Br)cc1/C=C(\C#N)C(=O)Nc1c(Cl)cccc1Cl. The highest BCUT2D eigenvalue weighted by atomic mass is 79.9. The van der Waals surface area contributed by atoms with E-state index in [-0.39, 0.29) is 21.3 Å². The summed E-state index contributed by atoms with van der Waals surface area (Å²) in [6, 6.07) is 12.0. The lowest BCUT2D eigenvalue weighted by Gasteiger charge is -2.09. The van der Waals surface area contributed by atoms with E-state index < -0.39 is 5.91 Å². The number of nitrogens with zero attached hydrogens (tertiary/aromatic N) is 1. The van der Waals surface area contributed by atoms with Crippen LogP contribution in [0.3, 0.4) is 0 Å². The number of nitriles is 1. The number of hydrogen-bond donors (Lipinski definition) is 1. The predicted octanol–water partition coefficient (Wildman–Crippen LogP) is 5.31. The van der Waals surface area contributed by atoms with Gasteiger partial charge >= 0.3 is 0 Å². The second-order valence-corrected chi connectivity index (χ2v) is 6.34. The molecule has 0 spiro atoms. The number of ether oxygens (including phenoxy) is 1. The molecule has 0 fully saturated rings. The maximum absolute atomic E-state index is 12.4. The lowest BCUT2D eigenvalue weighted by Crippen LogP contribution is -2.14. The summed E-state index contributed by atoms with van der Waals surface area (Å²) >= 11 is 15.4. The maximum Gasteiger partial charge on any atom is 0.266 e. The molecule has 0 aliphatic carbocycles. The average Bonchev–Trinajstić information content (AvgIpc) is 2.56. The van der Waals surface area contributed by atoms with Crippen molar-refractivity contribution in [1.82, 2.24) is 0 Å². The van der Waals surface area contributed by atoms with Crippen molar-refractivity contribution in [3.8, 4) is 11.8 Å². The zero-order valence-corrected chi connectivity index (χ0v) is 15.5. The summed E-state index contributed by atoms with van der Waals surface area (Å²) in [6.45, 7) is 0. The first-order valence-corrected chi connectivity index (χ1v) is 8.22. The number of para-hydroxylation sites is 1. The Bertz CT molecular complexity index is 840. The van der Waals surface area contributed by atoms with Gasteiger partial charge in [0.2, 0.25) is 0 Å². The van der Waals surface area contributed by atoms with Gasteiger partial charge in [-0.05, 0) is 36.4 Å². The number of methoxy groups -OCH3 is 1. The van der Waals surface area contributed by atoms with Crippen molar-refractivity contribution in [3.63, 3.8) is 0 Å². The van der Waals surface area contributed by atoms with Crippen molar-refractivity contribution in [2.75, 3.05) is 12.4 Å². The topological polar surface area (TPSA) is 62.1 Å². The third kappa shape index (κ3) is 4.30. The van der Waals surface area contributed by atoms with E-state index >= 15 is 0 Å². The second-order valence-electron chi connectivity index (χ2n) is 4.61. The van der Waals surface area contributed by atoms with Crippen LogP contribution in [0.15, 0.2) is 46.4 Å². The number of hydrogen-bond acceptors (Lipinski definition) is 3. The number of carbonyl (C=O) groups excluding carboxylic acids is 1. The maximum atomic E-state index is 12.4. The van der Waals surface area contributed by atoms with E-state index in [1.54, 1.807) is 36.4 Å². The van der Waals surface area contributed by atoms with Crippen molar-refractivity contribution in [3.05, 3.63) is 62.1 Å². The number of rotatable bonds is 4. The molecule has 0 bridgehead atoms. The summed E-state index contributed by atoms with van der Waals surface area (Å²) in [4.78, 5) is 12.4. The molecule has 0 saturated heterocycles. The van der Waals surface area contributed by atoms with Crippen LogP contribution in [0.5, 0.6) is 5.75 Å². The molecule has 122 valence electrons. The van der Waals surface area contributed by atoms with Crippen molar-refractivity contribution >= 4 is 56.8 Å². The Morgan fingerprint density at radius 1 is 1.29 bits per heavy atom. The van der Waals surface area contributed by atoms with Crippen LogP contribution in [0, 0.1) is 11.3 Å². The molecule has 24 heavy (non-hydrogen) atoms. The van der Waals surface area contributed by atoms with Crippen LogP contribution in [0.25, 0.3) is 6.08 Å². The molecular weight excluding hydrogens is 415 g/mol. The van der Waals surface area contributed by atoms with Gasteiger partial charge in [-0.2, -0.15) is 5.26 Å². The number of benzene rings is 2. The van der Waals surface area contributed by atoms with Gasteiger partial charge < -0.3 is 10.1 Å². The molecule has 0 aliphatic rings. The Morgan fingerprint density at radius 3 is 2.54 bits per heavy atom. The van der Waals surface area contributed by atoms with E-state index in [0.717, 1.165) is 4.47 Å². The first-order chi connectivity index (χ1) is 11.5. The minimum Gasteiger partial charge on any atom is -0.496 e. The fraction of sp³-hybridized carbons (Fsp3) is 0.0588. The van der Waals surface area contributed by atoms with Crippen molar-refractivity contribution in [1.29, 1.82) is 5.26 Å². The molecule has 1 N–H and O–H groups in total. The molecule has 1 amide bonds. The predicted molar refractivity (Wildman–Crippen MR) is 99.4 cm³/mol. The van der Waals surface area contributed by atoms with Crippen LogP contribution in [0.4, 0.5) is 5.69 Å². The Balaban J connectivity index is 2.37. The minimum atomic E-state index is -0.616. The van der Waals surface area contributed by atoms with Crippen LogP contribution in [-0.2, 0) is 4.79 Å². The van der Waals surface area contributed by atoms with E-state index in [2.05, 4.69) is 21.2 Å². The van der Waals surface area contributed by atoms with Crippen molar-refractivity contribution < 1.29 is 9.53 Å². The van der Waals surface area contributed by atoms with Gasteiger partial charge in [0.05, 0.1) is 22.8 Å². The lowest BCUT2D eigenvalue weighted by molar-refractivity contribution is -0.112. The molecule has 0 aromatic heterocycles. The van der Waals surface area contributed by atoms with E-state index in [4.69, 9.17) is 27.9 Å². The van der Waals surface area contributed by atoms with Gasteiger partial charge in [0.15, 0.2) is 0 Å². The smallest absolute Gasteiger partial charge is 0.266 e. The third-order valence-electron chi connectivity index (χ3n) is 3.06. The fourth-order valence-electron chi connectivity index (χ4n) is 1.92. The summed E-state index contributed by atoms with van der Waals surface area (Å²) in [5.41, 5.74) is 0.736. The summed E-state index contributed by atoms with van der Waals surface area (Å²) < 4.78 is 6.03. The Labute approximate surface area is 157 Å². The molecule has 4 nitrogen and oxygen atoms in total. The third-order valence-corrected chi connectivity index (χ3v) is 4.18. The monoisotopic (exact) mass is 424 g/mol. The van der Waals surface area contributed by atoms with Gasteiger partial charge in [0, 0.05) is 10.0 Å². The van der Waals surface area contributed by atoms with Crippen LogP contribution in [0.1, 0.15) is 5.56 Å². The number of carbonyl (C=O) groups is 1. The van der Waals surface area contributed by atoms with E-state index in [1.807, 2.05) is 6.07 Å². The first-order valence-electron chi connectivity index (χ1n) is 6.67. The largest absolute Gasteiger partial charge is 0.496 e. The number of amides is 1. The summed E-state index contributed by atoms with van der Waals surface area (Å²) in [5, 5.41) is 12.4. The highest BCUT2D eigenvalue weighted by Crippen LogP contribution is 2.30. The molecule has 0 aliphatic heterocycles. The molecular formula is C17H11BrCl2N2O2. The van der Waals surface area contributed by atoms with Crippen molar-refractivity contribution in [2.45, 2.75) is 0 Å². The number of nitrogens with one attached hydrogen (secondary N) is 1. The van der Waals surface area contributed by atoms with Gasteiger partial charge in [0.1, 0.15) is 17.4 Å². The van der Waals surface area contributed by atoms with Gasteiger partial charge in [0.25, 0.3) is 5.91 Å². The van der Waals surface area contributed by atoms with Crippen molar-refractivity contribution in [2.24, 2.45) is 0 Å². The highest BCUT2D eigenvalue weighted by Gasteiger charge is 2.15. The Morgan fingerprint density at radius 2 is 1.96 bits per heavy atom. The van der Waals surface area contributed by atoms with Gasteiger partial charge in [-0.25, -0.2) is 0 Å². The number of anilines is 1. The molecule has 0 heterocycles. The average molecular weight is 426 g/mol. The van der Waals surface area contributed by atoms with E-state index in [9.17, 15) is 10.1 Å². The molecule has 2 rings (SSSR count). The summed E-state index contributed by atoms with van der Waals surface area (Å²) in [5.74, 6) is -0.0796. The molecule has 2 aromatic carbocycles. The molecule has 0 radical (unpaired) electrons. The quantitative estimate of drug-likeness (QED) is 0.533. The van der Waals surface area contributed by atoms with E-state index in [1.165, 1.54) is 13.2 Å². The highest BCUT2D eigenvalue weighted by molar-refractivity contribution is 9.10. The van der Waals surface area contributed by atoms with Crippen LogP contribution < -0.4 is 10.1 Å². The molecule has 0 saturated carbocycles. The zero-order valence-electron chi connectivity index (χ0n) is 12.4. The van der Waals surface area contributed by atoms with Crippen LogP contribution >= 0.6 is 39.1 Å². The summed E-state index contributed by atoms with van der Waals surface area (Å²) in [6.07, 6.45) is 1.43. The molecule has 0 atom stereocenters. The zero-order chi connectivity index (χ0) is 17.7. The molecule has 0 unspecified atom stereocenters. The molecule has 7 heteroatoms. The standard InChI is InChI=1S/C17H11BrCl2N2O2/c1-24-15-6-5-12(18)8-10(15)7-11(9-21)17(23)22-16-13(19)3-2-4-14(16)20/h2-8H,1H3,(H,22,23)/b11-7+. The van der Waals surface area contributed by atoms with Gasteiger partial charge in [-0.1, -0.05) is 45.2 Å². The van der Waals surface area contributed by atoms with Crippen LogP contribution in [-0.4, -0.2) is 13.0 Å². The Kier molecular flexibility index (Phi) is 6.27. The number of halogens is 3. The first kappa shape index (κ1) is 18.3. The van der Waals surface area contributed by atoms with Gasteiger partial charge in [-0.3, -0.25) is 4.79 Å². The summed E-state index contributed by atoms with van der Waals surface area (Å²) in [7, 11) is 1.51. The minimum absolute atomic E-state index is 0.109. The second kappa shape index (κ2) is 8.20.